The SMILES string of the molecule is O=C(O)CC(c1ccc(=O)[nH]c1)N1CCN(CCCc2ccc3cccnc3n2)C1=O. The molecule has 2 amide bonds. The molecule has 1 saturated heterocycles. The van der Waals surface area contributed by atoms with E-state index >= 15 is 0 Å². The minimum absolute atomic E-state index is 0.189. The number of aryl methyl sites for hydroxylation is 1. The second kappa shape index (κ2) is 8.95. The number of rotatable bonds is 8. The van der Waals surface area contributed by atoms with E-state index in [1.54, 1.807) is 22.1 Å². The fraction of sp³-hybridized carbons (Fsp3) is 0.318. The number of fused-ring (bicyclic) bond motifs is 1. The Balaban J connectivity index is 1.39. The van der Waals surface area contributed by atoms with E-state index < -0.39 is 12.0 Å². The monoisotopic (exact) mass is 421 g/mol. The maximum Gasteiger partial charge on any atom is 0.320 e. The Morgan fingerprint density at radius 3 is 2.81 bits per heavy atom. The number of urea groups is 1. The van der Waals surface area contributed by atoms with Crippen LogP contribution >= 0.6 is 0 Å². The Morgan fingerprint density at radius 2 is 2.03 bits per heavy atom. The van der Waals surface area contributed by atoms with Gasteiger partial charge in [-0.2, -0.15) is 0 Å². The molecule has 0 aliphatic carbocycles. The smallest absolute Gasteiger partial charge is 0.320 e. The van der Waals surface area contributed by atoms with Crippen molar-refractivity contribution in [2.24, 2.45) is 0 Å². The predicted molar refractivity (Wildman–Crippen MR) is 114 cm³/mol. The van der Waals surface area contributed by atoms with Gasteiger partial charge in [-0.1, -0.05) is 6.07 Å². The number of aromatic nitrogens is 3. The van der Waals surface area contributed by atoms with Crippen LogP contribution in [0.2, 0.25) is 0 Å². The zero-order valence-electron chi connectivity index (χ0n) is 16.9. The first-order valence-corrected chi connectivity index (χ1v) is 10.2. The van der Waals surface area contributed by atoms with Crippen LogP contribution < -0.4 is 5.56 Å². The zero-order chi connectivity index (χ0) is 21.8. The number of hydrogen-bond acceptors (Lipinski definition) is 5. The lowest BCUT2D eigenvalue weighted by Gasteiger charge is -2.27. The van der Waals surface area contributed by atoms with Gasteiger partial charge in [-0.3, -0.25) is 9.59 Å². The minimum Gasteiger partial charge on any atom is -0.481 e. The summed E-state index contributed by atoms with van der Waals surface area (Å²) in [7, 11) is 0. The van der Waals surface area contributed by atoms with E-state index in [1.165, 1.54) is 12.3 Å². The molecule has 4 heterocycles. The lowest BCUT2D eigenvalue weighted by Crippen LogP contribution is -2.36. The number of pyridine rings is 3. The van der Waals surface area contributed by atoms with Crippen LogP contribution in [-0.2, 0) is 11.2 Å². The molecule has 4 rings (SSSR count). The Labute approximate surface area is 178 Å². The summed E-state index contributed by atoms with van der Waals surface area (Å²) in [5.74, 6) is -1.00. The molecule has 160 valence electrons. The predicted octanol–water partition coefficient (Wildman–Crippen LogP) is 2.20. The van der Waals surface area contributed by atoms with Crippen molar-refractivity contribution < 1.29 is 14.7 Å². The Hall–Kier alpha value is -3.75. The number of H-pyrrole nitrogens is 1. The number of aliphatic carboxylic acids is 1. The molecule has 1 atom stereocenters. The highest BCUT2D eigenvalue weighted by Crippen LogP contribution is 2.27. The number of nitrogens with zero attached hydrogens (tertiary/aromatic N) is 4. The quantitative estimate of drug-likeness (QED) is 0.575. The summed E-state index contributed by atoms with van der Waals surface area (Å²) < 4.78 is 0. The normalized spacial score (nSPS) is 14.9. The third-order valence-corrected chi connectivity index (χ3v) is 5.45. The van der Waals surface area contributed by atoms with Crippen molar-refractivity contribution in [3.8, 4) is 0 Å². The van der Waals surface area contributed by atoms with Gasteiger partial charge in [0.2, 0.25) is 5.56 Å². The number of carbonyl (C=O) groups is 2. The first kappa shape index (κ1) is 20.5. The molecule has 2 N–H and O–H groups in total. The van der Waals surface area contributed by atoms with E-state index in [1.807, 2.05) is 24.3 Å². The van der Waals surface area contributed by atoms with Crippen LogP contribution in [0.1, 0.15) is 30.1 Å². The first-order valence-electron chi connectivity index (χ1n) is 10.2. The molecule has 9 heteroatoms. The standard InChI is InChI=1S/C22H23N5O4/c28-19-8-6-16(14-24-19)18(13-20(29)30)27-12-11-26(22(27)31)10-2-4-17-7-5-15-3-1-9-23-21(15)25-17/h1,3,5-9,14,18H,2,4,10-13H2,(H,24,28)(H,29,30). The van der Waals surface area contributed by atoms with Gasteiger partial charge in [0.05, 0.1) is 12.5 Å². The number of nitrogens with one attached hydrogen (secondary N) is 1. The van der Waals surface area contributed by atoms with Gasteiger partial charge in [-0.15, -0.1) is 0 Å². The number of carboxylic acid groups (broad SMARTS) is 1. The number of aromatic amines is 1. The number of hydrogen-bond donors (Lipinski definition) is 2. The highest BCUT2D eigenvalue weighted by atomic mass is 16.4. The fourth-order valence-electron chi connectivity index (χ4n) is 3.88. The van der Waals surface area contributed by atoms with E-state index in [2.05, 4.69) is 15.0 Å². The van der Waals surface area contributed by atoms with Crippen LogP contribution in [0.15, 0.2) is 53.6 Å². The van der Waals surface area contributed by atoms with E-state index in [4.69, 9.17) is 0 Å². The molecule has 0 aromatic carbocycles. The molecule has 0 spiro atoms. The maximum absolute atomic E-state index is 12.9. The van der Waals surface area contributed by atoms with Crippen molar-refractivity contribution in [1.29, 1.82) is 0 Å². The minimum atomic E-state index is -1.00. The summed E-state index contributed by atoms with van der Waals surface area (Å²) >= 11 is 0. The molecular weight excluding hydrogens is 398 g/mol. The van der Waals surface area contributed by atoms with Crippen LogP contribution in [-0.4, -0.2) is 61.5 Å². The molecule has 1 aliphatic rings. The fourth-order valence-corrected chi connectivity index (χ4v) is 3.88. The van der Waals surface area contributed by atoms with Gasteiger partial charge in [0.15, 0.2) is 5.65 Å². The summed E-state index contributed by atoms with van der Waals surface area (Å²) in [5, 5.41) is 10.3. The lowest BCUT2D eigenvalue weighted by atomic mass is 10.0. The van der Waals surface area contributed by atoms with Crippen molar-refractivity contribution in [1.82, 2.24) is 24.8 Å². The van der Waals surface area contributed by atoms with Gasteiger partial charge >= 0.3 is 12.0 Å². The first-order chi connectivity index (χ1) is 15.0. The summed E-state index contributed by atoms with van der Waals surface area (Å²) in [6.45, 7) is 1.53. The van der Waals surface area contributed by atoms with Crippen LogP contribution in [0.5, 0.6) is 0 Å². The topological polar surface area (TPSA) is 119 Å². The average Bonchev–Trinajstić information content (AvgIpc) is 3.13. The molecule has 1 unspecified atom stereocenters. The van der Waals surface area contributed by atoms with Crippen LogP contribution in [0.4, 0.5) is 4.79 Å². The summed E-state index contributed by atoms with van der Waals surface area (Å²) in [4.78, 5) is 50.4. The van der Waals surface area contributed by atoms with Gasteiger partial charge in [0.1, 0.15) is 0 Å². The van der Waals surface area contributed by atoms with Crippen molar-refractivity contribution in [3.05, 3.63) is 70.4 Å². The largest absolute Gasteiger partial charge is 0.481 e. The second-order valence-corrected chi connectivity index (χ2v) is 7.52. The van der Waals surface area contributed by atoms with Crippen molar-refractivity contribution >= 4 is 23.0 Å². The van der Waals surface area contributed by atoms with Crippen LogP contribution in [0.3, 0.4) is 0 Å². The molecule has 9 nitrogen and oxygen atoms in total. The number of carbonyl (C=O) groups excluding carboxylic acids is 1. The highest BCUT2D eigenvalue weighted by Gasteiger charge is 2.35. The third-order valence-electron chi connectivity index (χ3n) is 5.45. The molecule has 3 aromatic heterocycles. The highest BCUT2D eigenvalue weighted by molar-refractivity contribution is 5.78. The van der Waals surface area contributed by atoms with E-state index in [0.717, 1.165) is 23.9 Å². The zero-order valence-corrected chi connectivity index (χ0v) is 16.9. The molecule has 0 radical (unpaired) electrons. The van der Waals surface area contributed by atoms with Crippen molar-refractivity contribution in [3.63, 3.8) is 0 Å². The summed E-state index contributed by atoms with van der Waals surface area (Å²) in [5.41, 5.74) is 1.96. The molecule has 0 bridgehead atoms. The van der Waals surface area contributed by atoms with Gasteiger partial charge in [0.25, 0.3) is 0 Å². The Morgan fingerprint density at radius 1 is 1.16 bits per heavy atom. The van der Waals surface area contributed by atoms with Crippen LogP contribution in [0.25, 0.3) is 11.0 Å². The van der Waals surface area contributed by atoms with Crippen LogP contribution in [0, 0.1) is 0 Å². The third kappa shape index (κ3) is 4.71. The van der Waals surface area contributed by atoms with Gasteiger partial charge in [-0.05, 0) is 42.7 Å². The molecule has 3 aromatic rings. The number of amides is 2. The van der Waals surface area contributed by atoms with Gasteiger partial charge < -0.3 is 19.9 Å². The Kier molecular flexibility index (Phi) is 5.92. The van der Waals surface area contributed by atoms with E-state index in [-0.39, 0.29) is 18.0 Å². The summed E-state index contributed by atoms with van der Waals surface area (Å²) in [6.07, 6.45) is 4.43. The molecule has 1 fully saturated rings. The molecular formula is C22H23N5O4. The Bertz CT molecular complexity index is 1140. The average molecular weight is 421 g/mol. The van der Waals surface area contributed by atoms with E-state index in [0.29, 0.717) is 30.8 Å². The van der Waals surface area contributed by atoms with Gasteiger partial charge in [0, 0.05) is 49.2 Å². The second-order valence-electron chi connectivity index (χ2n) is 7.52. The van der Waals surface area contributed by atoms with Crippen molar-refractivity contribution in [2.75, 3.05) is 19.6 Å². The molecule has 1 aliphatic heterocycles. The molecule has 0 saturated carbocycles. The molecule has 31 heavy (non-hydrogen) atoms. The van der Waals surface area contributed by atoms with Crippen molar-refractivity contribution in [2.45, 2.75) is 25.3 Å². The van der Waals surface area contributed by atoms with E-state index in [9.17, 15) is 19.5 Å². The van der Waals surface area contributed by atoms with Gasteiger partial charge in [-0.25, -0.2) is 14.8 Å². The summed E-state index contributed by atoms with van der Waals surface area (Å²) in [6, 6.07) is 9.90. The number of carboxylic acids is 1. The lowest BCUT2D eigenvalue weighted by molar-refractivity contribution is -0.138. The maximum atomic E-state index is 12.9.